The van der Waals surface area contributed by atoms with Crippen LogP contribution >= 0.6 is 11.6 Å². The zero-order valence-electron chi connectivity index (χ0n) is 11.1. The van der Waals surface area contributed by atoms with Crippen molar-refractivity contribution in [3.05, 3.63) is 0 Å². The summed E-state index contributed by atoms with van der Waals surface area (Å²) in [6.45, 7) is 8.63. The Balaban J connectivity index is 3.77. The summed E-state index contributed by atoms with van der Waals surface area (Å²) >= 11 is 5.67. The van der Waals surface area contributed by atoms with Crippen LogP contribution in [0.5, 0.6) is 0 Å². The van der Waals surface area contributed by atoms with Crippen LogP contribution in [0.2, 0.25) is 0 Å². The van der Waals surface area contributed by atoms with Crippen LogP contribution in [-0.4, -0.2) is 30.8 Å². The first-order chi connectivity index (χ1) is 7.79. The maximum absolute atomic E-state index is 11.6. The molecule has 100 valence electrons. The summed E-state index contributed by atoms with van der Waals surface area (Å²) in [4.78, 5) is 23.0. The fourth-order valence-electron chi connectivity index (χ4n) is 0.996. The Bertz CT molecular complexity index is 265. The van der Waals surface area contributed by atoms with Crippen molar-refractivity contribution in [1.82, 2.24) is 10.6 Å². The van der Waals surface area contributed by atoms with Gasteiger partial charge >= 0.3 is 0 Å². The zero-order valence-corrected chi connectivity index (χ0v) is 11.9. The van der Waals surface area contributed by atoms with Gasteiger partial charge in [-0.1, -0.05) is 13.8 Å². The summed E-state index contributed by atoms with van der Waals surface area (Å²) in [6, 6.07) is 0. The highest BCUT2D eigenvalue weighted by atomic mass is 35.5. The van der Waals surface area contributed by atoms with Gasteiger partial charge in [-0.25, -0.2) is 0 Å². The minimum Gasteiger partial charge on any atom is -0.356 e. The van der Waals surface area contributed by atoms with E-state index >= 15 is 0 Å². The molecule has 0 fully saturated rings. The van der Waals surface area contributed by atoms with Gasteiger partial charge in [0, 0.05) is 25.4 Å². The van der Waals surface area contributed by atoms with Crippen LogP contribution in [0.15, 0.2) is 0 Å². The van der Waals surface area contributed by atoms with Gasteiger partial charge in [0.05, 0.1) is 5.41 Å². The van der Waals surface area contributed by atoms with Crippen LogP contribution in [0, 0.1) is 11.3 Å². The van der Waals surface area contributed by atoms with E-state index in [0.717, 1.165) is 0 Å². The predicted molar refractivity (Wildman–Crippen MR) is 70.0 cm³/mol. The quantitative estimate of drug-likeness (QED) is 0.684. The number of amides is 2. The average Bonchev–Trinajstić information content (AvgIpc) is 2.26. The maximum atomic E-state index is 11.6. The van der Waals surface area contributed by atoms with Gasteiger partial charge in [0.25, 0.3) is 0 Å². The van der Waals surface area contributed by atoms with E-state index in [-0.39, 0.29) is 17.7 Å². The van der Waals surface area contributed by atoms with Gasteiger partial charge in [-0.3, -0.25) is 9.59 Å². The standard InChI is InChI=1S/C12H23ClN2O2/c1-9(2)7-15-10(16)5-6-14-11(17)12(3,4)8-13/h9H,5-8H2,1-4H3,(H,14,17)(H,15,16). The first-order valence-corrected chi connectivity index (χ1v) is 6.44. The van der Waals surface area contributed by atoms with E-state index in [1.165, 1.54) is 0 Å². The van der Waals surface area contributed by atoms with Gasteiger partial charge in [-0.2, -0.15) is 0 Å². The van der Waals surface area contributed by atoms with Crippen molar-refractivity contribution in [3.8, 4) is 0 Å². The molecule has 0 radical (unpaired) electrons. The molecule has 0 aromatic heterocycles. The molecule has 5 heteroatoms. The molecule has 0 aliphatic heterocycles. The molecule has 0 spiro atoms. The Hall–Kier alpha value is -0.770. The normalized spacial score (nSPS) is 11.4. The van der Waals surface area contributed by atoms with Crippen LogP contribution < -0.4 is 10.6 Å². The van der Waals surface area contributed by atoms with Crippen molar-refractivity contribution in [2.45, 2.75) is 34.1 Å². The lowest BCUT2D eigenvalue weighted by molar-refractivity contribution is -0.128. The number of nitrogens with one attached hydrogen (secondary N) is 2. The number of carbonyl (C=O) groups excluding carboxylic acids is 2. The second-order valence-electron chi connectivity index (χ2n) is 5.22. The number of hydrogen-bond donors (Lipinski definition) is 2. The zero-order chi connectivity index (χ0) is 13.5. The molecule has 0 aliphatic carbocycles. The molecule has 0 atom stereocenters. The van der Waals surface area contributed by atoms with Crippen molar-refractivity contribution >= 4 is 23.4 Å². The number of rotatable bonds is 7. The smallest absolute Gasteiger partial charge is 0.226 e. The third-order valence-electron chi connectivity index (χ3n) is 2.29. The van der Waals surface area contributed by atoms with E-state index < -0.39 is 5.41 Å². The molecule has 4 nitrogen and oxygen atoms in total. The van der Waals surface area contributed by atoms with Crippen molar-refractivity contribution in [3.63, 3.8) is 0 Å². The molecule has 0 saturated heterocycles. The van der Waals surface area contributed by atoms with E-state index in [2.05, 4.69) is 10.6 Å². The Morgan fingerprint density at radius 2 is 1.82 bits per heavy atom. The Morgan fingerprint density at radius 3 is 2.29 bits per heavy atom. The van der Waals surface area contributed by atoms with Crippen LogP contribution in [0.25, 0.3) is 0 Å². The highest BCUT2D eigenvalue weighted by molar-refractivity contribution is 6.19. The largest absolute Gasteiger partial charge is 0.356 e. The Kier molecular flexibility index (Phi) is 7.19. The molecule has 0 saturated carbocycles. The van der Waals surface area contributed by atoms with Gasteiger partial charge in [0.15, 0.2) is 0 Å². The maximum Gasteiger partial charge on any atom is 0.226 e. The van der Waals surface area contributed by atoms with Gasteiger partial charge < -0.3 is 10.6 Å². The predicted octanol–water partition coefficient (Wildman–Crippen LogP) is 1.53. The Labute approximate surface area is 108 Å². The summed E-state index contributed by atoms with van der Waals surface area (Å²) in [5.41, 5.74) is -0.587. The fourth-order valence-corrected chi connectivity index (χ4v) is 1.12. The summed E-state index contributed by atoms with van der Waals surface area (Å²) in [5.74, 6) is 0.536. The minimum absolute atomic E-state index is 0.0392. The van der Waals surface area contributed by atoms with Crippen molar-refractivity contribution < 1.29 is 9.59 Å². The fraction of sp³-hybridized carbons (Fsp3) is 0.833. The third kappa shape index (κ3) is 7.21. The highest BCUT2D eigenvalue weighted by Crippen LogP contribution is 2.16. The second kappa shape index (κ2) is 7.54. The molecule has 0 aromatic rings. The number of halogens is 1. The first kappa shape index (κ1) is 16.2. The van der Waals surface area contributed by atoms with Crippen molar-refractivity contribution in [2.24, 2.45) is 11.3 Å². The van der Waals surface area contributed by atoms with Crippen LogP contribution in [0.4, 0.5) is 0 Å². The molecule has 0 bridgehead atoms. The lowest BCUT2D eigenvalue weighted by Gasteiger charge is -2.20. The van der Waals surface area contributed by atoms with Crippen LogP contribution in [0.1, 0.15) is 34.1 Å². The number of hydrogen-bond acceptors (Lipinski definition) is 2. The lowest BCUT2D eigenvalue weighted by atomic mass is 9.95. The van der Waals surface area contributed by atoms with E-state index in [0.29, 0.717) is 25.4 Å². The van der Waals surface area contributed by atoms with E-state index in [9.17, 15) is 9.59 Å². The molecule has 17 heavy (non-hydrogen) atoms. The molecular weight excluding hydrogens is 240 g/mol. The van der Waals surface area contributed by atoms with E-state index in [1.54, 1.807) is 13.8 Å². The summed E-state index contributed by atoms with van der Waals surface area (Å²) in [5, 5.41) is 5.50. The summed E-state index contributed by atoms with van der Waals surface area (Å²) in [7, 11) is 0. The van der Waals surface area contributed by atoms with Crippen molar-refractivity contribution in [1.29, 1.82) is 0 Å². The molecule has 2 amide bonds. The van der Waals surface area contributed by atoms with Crippen molar-refractivity contribution in [2.75, 3.05) is 19.0 Å². The molecule has 0 aliphatic rings. The summed E-state index contributed by atoms with van der Waals surface area (Å²) < 4.78 is 0. The first-order valence-electron chi connectivity index (χ1n) is 5.90. The second-order valence-corrected chi connectivity index (χ2v) is 5.49. The van der Waals surface area contributed by atoms with Crippen LogP contribution in [-0.2, 0) is 9.59 Å². The number of carbonyl (C=O) groups is 2. The molecule has 2 N–H and O–H groups in total. The SMILES string of the molecule is CC(C)CNC(=O)CCNC(=O)C(C)(C)CCl. The topological polar surface area (TPSA) is 58.2 Å². The molecular formula is C12H23ClN2O2. The molecule has 0 unspecified atom stereocenters. The Morgan fingerprint density at radius 1 is 1.24 bits per heavy atom. The minimum atomic E-state index is -0.587. The van der Waals surface area contributed by atoms with E-state index in [1.807, 2.05) is 13.8 Å². The lowest BCUT2D eigenvalue weighted by Crippen LogP contribution is -2.40. The van der Waals surface area contributed by atoms with Gasteiger partial charge in [-0.05, 0) is 19.8 Å². The van der Waals surface area contributed by atoms with Gasteiger partial charge in [-0.15, -0.1) is 11.6 Å². The van der Waals surface area contributed by atoms with E-state index in [4.69, 9.17) is 11.6 Å². The third-order valence-corrected chi connectivity index (χ3v) is 2.96. The van der Waals surface area contributed by atoms with Gasteiger partial charge in [0.1, 0.15) is 0 Å². The highest BCUT2D eigenvalue weighted by Gasteiger charge is 2.25. The van der Waals surface area contributed by atoms with Gasteiger partial charge in [0.2, 0.25) is 11.8 Å². The molecule has 0 rings (SSSR count). The number of alkyl halides is 1. The monoisotopic (exact) mass is 262 g/mol. The average molecular weight is 263 g/mol. The molecule has 0 heterocycles. The summed E-state index contributed by atoms with van der Waals surface area (Å²) in [6.07, 6.45) is 0.302. The molecule has 0 aromatic carbocycles. The van der Waals surface area contributed by atoms with Crippen LogP contribution in [0.3, 0.4) is 0 Å².